The molecule has 0 spiro atoms. The van der Waals surface area contributed by atoms with Crippen LogP contribution >= 0.6 is 23.7 Å². The maximum Gasteiger partial charge on any atom is 0.233 e. The highest BCUT2D eigenvalue weighted by Crippen LogP contribution is 2.30. The van der Waals surface area contributed by atoms with E-state index >= 15 is 0 Å². The number of carbonyl (C=O) groups is 1. The zero-order valence-electron chi connectivity index (χ0n) is 12.2. The standard InChI is InChI=1S/C15H19N3OS.ClH/c1-10-4-5-11-12(8-10)20-14(17-11)18-13(19)15(2)6-3-7-16-9-15;/h4-5,8,16H,3,6-7,9H2,1-2H3,(H,17,18,19);1H. The maximum atomic E-state index is 12.4. The van der Waals surface area contributed by atoms with Crippen LogP contribution in [0.5, 0.6) is 0 Å². The number of thiazole rings is 1. The number of carbonyl (C=O) groups excluding carboxylic acids is 1. The molecule has 1 amide bonds. The highest BCUT2D eigenvalue weighted by molar-refractivity contribution is 7.22. The highest BCUT2D eigenvalue weighted by Gasteiger charge is 2.35. The van der Waals surface area contributed by atoms with Crippen molar-refractivity contribution in [1.82, 2.24) is 10.3 Å². The molecular weight excluding hydrogens is 306 g/mol. The molecule has 6 heteroatoms. The predicted octanol–water partition coefficient (Wildman–Crippen LogP) is 3.35. The SMILES string of the molecule is Cc1ccc2nc(NC(=O)C3(C)CCCNC3)sc2c1.Cl. The van der Waals surface area contributed by atoms with E-state index in [0.717, 1.165) is 36.1 Å². The quantitative estimate of drug-likeness (QED) is 0.890. The Morgan fingerprint density at radius 1 is 1.48 bits per heavy atom. The van der Waals surface area contributed by atoms with E-state index in [1.54, 1.807) is 0 Å². The van der Waals surface area contributed by atoms with Gasteiger partial charge in [-0.1, -0.05) is 17.4 Å². The van der Waals surface area contributed by atoms with Crippen LogP contribution in [0, 0.1) is 12.3 Å². The molecule has 2 aromatic rings. The fourth-order valence-corrected chi connectivity index (χ4v) is 3.54. The lowest BCUT2D eigenvalue weighted by molar-refractivity contribution is -0.125. The van der Waals surface area contributed by atoms with E-state index in [2.05, 4.69) is 28.6 Å². The molecule has 1 aromatic carbocycles. The van der Waals surface area contributed by atoms with Crippen molar-refractivity contribution in [3.05, 3.63) is 23.8 Å². The Hall–Kier alpha value is -1.17. The van der Waals surface area contributed by atoms with Gasteiger partial charge in [-0.15, -0.1) is 12.4 Å². The zero-order chi connectivity index (χ0) is 14.2. The molecule has 1 aliphatic heterocycles. The summed E-state index contributed by atoms with van der Waals surface area (Å²) >= 11 is 1.54. The van der Waals surface area contributed by atoms with E-state index in [4.69, 9.17) is 0 Å². The third kappa shape index (κ3) is 3.36. The molecule has 1 fully saturated rings. The second-order valence-electron chi connectivity index (χ2n) is 5.79. The van der Waals surface area contributed by atoms with Crippen LogP contribution in [0.4, 0.5) is 5.13 Å². The molecule has 21 heavy (non-hydrogen) atoms. The summed E-state index contributed by atoms with van der Waals surface area (Å²) in [6, 6.07) is 6.15. The van der Waals surface area contributed by atoms with Crippen molar-refractivity contribution < 1.29 is 4.79 Å². The Kier molecular flexibility index (Phi) is 4.86. The number of aryl methyl sites for hydroxylation is 1. The van der Waals surface area contributed by atoms with Gasteiger partial charge in [0, 0.05) is 6.54 Å². The molecule has 0 radical (unpaired) electrons. The Bertz CT molecular complexity index is 649. The number of amides is 1. The second-order valence-corrected chi connectivity index (χ2v) is 6.82. The number of piperidine rings is 1. The number of fused-ring (bicyclic) bond motifs is 1. The molecule has 2 heterocycles. The lowest BCUT2D eigenvalue weighted by Crippen LogP contribution is -2.46. The molecule has 1 atom stereocenters. The van der Waals surface area contributed by atoms with Crippen molar-refractivity contribution in [3.63, 3.8) is 0 Å². The molecule has 1 aliphatic rings. The topological polar surface area (TPSA) is 54.0 Å². The van der Waals surface area contributed by atoms with Gasteiger partial charge in [0.25, 0.3) is 0 Å². The van der Waals surface area contributed by atoms with Gasteiger partial charge in [0.05, 0.1) is 15.6 Å². The van der Waals surface area contributed by atoms with Gasteiger partial charge in [0.2, 0.25) is 5.91 Å². The van der Waals surface area contributed by atoms with Crippen molar-refractivity contribution in [2.75, 3.05) is 18.4 Å². The molecule has 0 aliphatic carbocycles. The molecule has 0 bridgehead atoms. The fraction of sp³-hybridized carbons (Fsp3) is 0.467. The summed E-state index contributed by atoms with van der Waals surface area (Å²) in [6.45, 7) is 5.82. The van der Waals surface area contributed by atoms with Gasteiger partial charge in [0.15, 0.2) is 5.13 Å². The van der Waals surface area contributed by atoms with Gasteiger partial charge in [-0.05, 0) is 50.9 Å². The number of benzene rings is 1. The van der Waals surface area contributed by atoms with Gasteiger partial charge in [-0.2, -0.15) is 0 Å². The third-order valence-corrected chi connectivity index (χ3v) is 4.84. The minimum absolute atomic E-state index is 0. The van der Waals surface area contributed by atoms with E-state index in [0.29, 0.717) is 5.13 Å². The molecule has 4 nitrogen and oxygen atoms in total. The molecule has 114 valence electrons. The average Bonchev–Trinajstić information content (AvgIpc) is 2.81. The van der Waals surface area contributed by atoms with Crippen LogP contribution in [0.15, 0.2) is 18.2 Å². The maximum absolute atomic E-state index is 12.4. The van der Waals surface area contributed by atoms with Crippen molar-refractivity contribution in [2.45, 2.75) is 26.7 Å². The minimum atomic E-state index is -0.327. The normalized spacial score (nSPS) is 21.8. The summed E-state index contributed by atoms with van der Waals surface area (Å²) < 4.78 is 1.12. The molecule has 1 saturated heterocycles. The number of rotatable bonds is 2. The van der Waals surface area contributed by atoms with Crippen molar-refractivity contribution in [2.24, 2.45) is 5.41 Å². The second kappa shape index (κ2) is 6.30. The molecule has 1 unspecified atom stereocenters. The van der Waals surface area contributed by atoms with Crippen LogP contribution in [0.25, 0.3) is 10.2 Å². The first-order chi connectivity index (χ1) is 9.57. The van der Waals surface area contributed by atoms with Gasteiger partial charge in [-0.3, -0.25) is 4.79 Å². The zero-order valence-corrected chi connectivity index (χ0v) is 13.9. The molecule has 3 rings (SSSR count). The Morgan fingerprint density at radius 2 is 2.29 bits per heavy atom. The number of aromatic nitrogens is 1. The lowest BCUT2D eigenvalue weighted by Gasteiger charge is -2.32. The van der Waals surface area contributed by atoms with Crippen molar-refractivity contribution >= 4 is 45.0 Å². The van der Waals surface area contributed by atoms with E-state index in [1.807, 2.05) is 19.1 Å². The first-order valence-corrected chi connectivity index (χ1v) is 7.78. The monoisotopic (exact) mass is 325 g/mol. The lowest BCUT2D eigenvalue weighted by atomic mass is 9.82. The Balaban J connectivity index is 0.00000161. The smallest absolute Gasteiger partial charge is 0.233 e. The van der Waals surface area contributed by atoms with E-state index in [-0.39, 0.29) is 23.7 Å². The number of anilines is 1. The highest BCUT2D eigenvalue weighted by atomic mass is 35.5. The van der Waals surface area contributed by atoms with Crippen LogP contribution in [0.3, 0.4) is 0 Å². The van der Waals surface area contributed by atoms with E-state index < -0.39 is 0 Å². The first-order valence-electron chi connectivity index (χ1n) is 6.96. The summed E-state index contributed by atoms with van der Waals surface area (Å²) in [5, 5.41) is 6.98. The summed E-state index contributed by atoms with van der Waals surface area (Å²) in [5.74, 6) is 0.0699. The van der Waals surface area contributed by atoms with E-state index in [9.17, 15) is 4.79 Å². The van der Waals surface area contributed by atoms with Gasteiger partial charge >= 0.3 is 0 Å². The summed E-state index contributed by atoms with van der Waals surface area (Å²) in [7, 11) is 0. The Morgan fingerprint density at radius 3 is 3.00 bits per heavy atom. The predicted molar refractivity (Wildman–Crippen MR) is 90.4 cm³/mol. The molecule has 1 aromatic heterocycles. The van der Waals surface area contributed by atoms with Gasteiger partial charge in [-0.25, -0.2) is 4.98 Å². The van der Waals surface area contributed by atoms with Gasteiger partial charge < -0.3 is 10.6 Å². The number of hydrogen-bond donors (Lipinski definition) is 2. The number of nitrogens with one attached hydrogen (secondary N) is 2. The van der Waals surface area contributed by atoms with Crippen molar-refractivity contribution in [3.8, 4) is 0 Å². The molecular formula is C15H20ClN3OS. The summed E-state index contributed by atoms with van der Waals surface area (Å²) in [6.07, 6.45) is 1.97. The van der Waals surface area contributed by atoms with Crippen molar-refractivity contribution in [1.29, 1.82) is 0 Å². The largest absolute Gasteiger partial charge is 0.316 e. The minimum Gasteiger partial charge on any atom is -0.316 e. The average molecular weight is 326 g/mol. The molecule has 0 saturated carbocycles. The van der Waals surface area contributed by atoms with E-state index in [1.165, 1.54) is 16.9 Å². The summed E-state index contributed by atoms with van der Waals surface area (Å²) in [4.78, 5) is 16.9. The van der Waals surface area contributed by atoms with Crippen LogP contribution in [-0.2, 0) is 4.79 Å². The van der Waals surface area contributed by atoms with Crippen LogP contribution < -0.4 is 10.6 Å². The van der Waals surface area contributed by atoms with Gasteiger partial charge in [0.1, 0.15) is 0 Å². The number of nitrogens with zero attached hydrogens (tertiary/aromatic N) is 1. The molecule has 2 N–H and O–H groups in total. The first kappa shape index (κ1) is 16.2. The third-order valence-electron chi connectivity index (χ3n) is 3.91. The Labute approximate surface area is 134 Å². The number of halogens is 1. The van der Waals surface area contributed by atoms with Crippen LogP contribution in [0.1, 0.15) is 25.3 Å². The van der Waals surface area contributed by atoms with Crippen LogP contribution in [0.2, 0.25) is 0 Å². The number of hydrogen-bond acceptors (Lipinski definition) is 4. The summed E-state index contributed by atoms with van der Waals surface area (Å²) in [5.41, 5.74) is 1.83. The fourth-order valence-electron chi connectivity index (χ4n) is 2.58. The van der Waals surface area contributed by atoms with Crippen LogP contribution in [-0.4, -0.2) is 24.0 Å².